The Morgan fingerprint density at radius 2 is 1.94 bits per heavy atom. The molecule has 0 saturated carbocycles. The van der Waals surface area contributed by atoms with Crippen molar-refractivity contribution >= 4 is 21.7 Å². The molecule has 80 valence electrons. The van der Waals surface area contributed by atoms with Gasteiger partial charge in [-0.1, -0.05) is 22.0 Å². The largest absolute Gasteiger partial charge is 0.288 e. The number of carbonyl (C=O) groups is 1. The Hall–Kier alpha value is -1.55. The second-order valence-electron chi connectivity index (χ2n) is 3.44. The van der Waals surface area contributed by atoms with E-state index in [1.807, 2.05) is 19.1 Å². The van der Waals surface area contributed by atoms with Crippen LogP contribution >= 0.6 is 15.9 Å². The van der Waals surface area contributed by atoms with Crippen LogP contribution in [0.25, 0.3) is 0 Å². The van der Waals surface area contributed by atoms with E-state index in [2.05, 4.69) is 25.9 Å². The number of rotatable bonds is 2. The van der Waals surface area contributed by atoms with Gasteiger partial charge < -0.3 is 0 Å². The van der Waals surface area contributed by atoms with E-state index in [0.717, 1.165) is 10.0 Å². The third kappa shape index (κ3) is 2.17. The molecule has 1 aromatic heterocycles. The highest BCUT2D eigenvalue weighted by atomic mass is 79.9. The van der Waals surface area contributed by atoms with Crippen molar-refractivity contribution in [2.75, 3.05) is 0 Å². The molecule has 0 atom stereocenters. The Bertz CT molecular complexity index is 526. The maximum atomic E-state index is 12.1. The highest BCUT2D eigenvalue weighted by Crippen LogP contribution is 2.20. The van der Waals surface area contributed by atoms with Crippen LogP contribution in [-0.4, -0.2) is 15.8 Å². The summed E-state index contributed by atoms with van der Waals surface area (Å²) in [7, 11) is 0. The number of aryl methyl sites for hydroxylation is 1. The monoisotopic (exact) mass is 276 g/mol. The zero-order valence-electron chi connectivity index (χ0n) is 8.64. The smallest absolute Gasteiger partial charge is 0.197 e. The maximum Gasteiger partial charge on any atom is 0.197 e. The number of hydrogen-bond acceptors (Lipinski definition) is 3. The van der Waals surface area contributed by atoms with Crippen LogP contribution < -0.4 is 0 Å². The molecule has 1 heterocycles. The van der Waals surface area contributed by atoms with Crippen molar-refractivity contribution < 1.29 is 4.79 Å². The lowest BCUT2D eigenvalue weighted by atomic mass is 10.0. The summed E-state index contributed by atoms with van der Waals surface area (Å²) >= 11 is 3.38. The standard InChI is InChI=1S/C12H9BrN2O/c1-8-2-3-10(11(13)4-8)12(16)9-5-14-7-15-6-9/h2-7H,1H3. The van der Waals surface area contributed by atoms with Crippen molar-refractivity contribution in [1.82, 2.24) is 9.97 Å². The van der Waals surface area contributed by atoms with Gasteiger partial charge in [0, 0.05) is 22.4 Å². The third-order valence-electron chi connectivity index (χ3n) is 2.19. The average Bonchev–Trinajstić information content (AvgIpc) is 2.29. The lowest BCUT2D eigenvalue weighted by Gasteiger charge is -2.03. The van der Waals surface area contributed by atoms with Gasteiger partial charge >= 0.3 is 0 Å². The Balaban J connectivity index is 2.42. The first-order valence-corrected chi connectivity index (χ1v) is 5.53. The molecule has 0 aliphatic heterocycles. The van der Waals surface area contributed by atoms with Crippen LogP contribution in [0, 0.1) is 6.92 Å². The number of aromatic nitrogens is 2. The van der Waals surface area contributed by atoms with Crippen LogP contribution in [0.15, 0.2) is 41.4 Å². The molecule has 0 N–H and O–H groups in total. The highest BCUT2D eigenvalue weighted by molar-refractivity contribution is 9.10. The topological polar surface area (TPSA) is 42.9 Å². The van der Waals surface area contributed by atoms with E-state index < -0.39 is 0 Å². The number of ketones is 1. The predicted molar refractivity (Wildman–Crippen MR) is 64.3 cm³/mol. The van der Waals surface area contributed by atoms with Crippen LogP contribution in [0.3, 0.4) is 0 Å². The fraction of sp³-hybridized carbons (Fsp3) is 0.0833. The van der Waals surface area contributed by atoms with E-state index in [1.165, 1.54) is 18.7 Å². The molecule has 0 spiro atoms. The van der Waals surface area contributed by atoms with Gasteiger partial charge in [0.1, 0.15) is 6.33 Å². The minimum absolute atomic E-state index is 0.0764. The quantitative estimate of drug-likeness (QED) is 0.793. The summed E-state index contributed by atoms with van der Waals surface area (Å²) in [5.74, 6) is -0.0764. The van der Waals surface area contributed by atoms with Crippen molar-refractivity contribution in [3.05, 3.63) is 58.1 Å². The van der Waals surface area contributed by atoms with Gasteiger partial charge in [-0.05, 0) is 24.6 Å². The maximum absolute atomic E-state index is 12.1. The minimum atomic E-state index is -0.0764. The molecule has 0 amide bonds. The summed E-state index contributed by atoms with van der Waals surface area (Å²) in [4.78, 5) is 19.7. The van der Waals surface area contributed by atoms with Crippen molar-refractivity contribution in [2.45, 2.75) is 6.92 Å². The summed E-state index contributed by atoms with van der Waals surface area (Å²) < 4.78 is 0.793. The van der Waals surface area contributed by atoms with Gasteiger partial charge in [0.05, 0.1) is 5.56 Å². The average molecular weight is 277 g/mol. The van der Waals surface area contributed by atoms with Crippen LogP contribution in [0.1, 0.15) is 21.5 Å². The predicted octanol–water partition coefficient (Wildman–Crippen LogP) is 2.78. The van der Waals surface area contributed by atoms with E-state index in [1.54, 1.807) is 6.07 Å². The lowest BCUT2D eigenvalue weighted by molar-refractivity contribution is 0.103. The van der Waals surface area contributed by atoms with E-state index >= 15 is 0 Å². The van der Waals surface area contributed by atoms with Crippen LogP contribution in [0.5, 0.6) is 0 Å². The molecule has 4 heteroatoms. The lowest BCUT2D eigenvalue weighted by Crippen LogP contribution is -2.03. The first-order chi connectivity index (χ1) is 7.68. The molecule has 0 unspecified atom stereocenters. The van der Waals surface area contributed by atoms with Gasteiger partial charge in [-0.2, -0.15) is 0 Å². The van der Waals surface area contributed by atoms with Gasteiger partial charge in [0.15, 0.2) is 5.78 Å². The Labute approximate surface area is 102 Å². The minimum Gasteiger partial charge on any atom is -0.288 e. The van der Waals surface area contributed by atoms with Gasteiger partial charge in [-0.15, -0.1) is 0 Å². The summed E-state index contributed by atoms with van der Waals surface area (Å²) in [6.07, 6.45) is 4.43. The zero-order chi connectivity index (χ0) is 11.5. The molecule has 3 nitrogen and oxygen atoms in total. The molecule has 1 aromatic carbocycles. The Kier molecular flexibility index (Phi) is 3.10. The molecule has 0 bridgehead atoms. The van der Waals surface area contributed by atoms with Crippen molar-refractivity contribution in [2.24, 2.45) is 0 Å². The van der Waals surface area contributed by atoms with Crippen LogP contribution in [0.2, 0.25) is 0 Å². The third-order valence-corrected chi connectivity index (χ3v) is 2.85. The van der Waals surface area contributed by atoms with Gasteiger partial charge in [-0.3, -0.25) is 4.79 Å². The van der Waals surface area contributed by atoms with Crippen molar-refractivity contribution in [1.29, 1.82) is 0 Å². The van der Waals surface area contributed by atoms with Crippen molar-refractivity contribution in [3.63, 3.8) is 0 Å². The highest BCUT2D eigenvalue weighted by Gasteiger charge is 2.12. The molecule has 16 heavy (non-hydrogen) atoms. The fourth-order valence-electron chi connectivity index (χ4n) is 1.38. The number of hydrogen-bond donors (Lipinski definition) is 0. The molecule has 0 fully saturated rings. The van der Waals surface area contributed by atoms with Gasteiger partial charge in [-0.25, -0.2) is 9.97 Å². The molecule has 0 saturated heterocycles. The first-order valence-electron chi connectivity index (χ1n) is 4.74. The summed E-state index contributed by atoms with van der Waals surface area (Å²) in [6.45, 7) is 1.98. The van der Waals surface area contributed by atoms with E-state index in [-0.39, 0.29) is 5.78 Å². The number of halogens is 1. The second kappa shape index (κ2) is 4.53. The molecule has 0 aliphatic carbocycles. The molecule has 0 radical (unpaired) electrons. The second-order valence-corrected chi connectivity index (χ2v) is 4.29. The molecule has 2 aromatic rings. The fourth-order valence-corrected chi connectivity index (χ4v) is 2.05. The number of carbonyl (C=O) groups excluding carboxylic acids is 1. The zero-order valence-corrected chi connectivity index (χ0v) is 10.2. The number of nitrogens with zero attached hydrogens (tertiary/aromatic N) is 2. The van der Waals surface area contributed by atoms with E-state index in [0.29, 0.717) is 11.1 Å². The SMILES string of the molecule is Cc1ccc(C(=O)c2cncnc2)c(Br)c1. The Morgan fingerprint density at radius 1 is 1.25 bits per heavy atom. The molecular formula is C12H9BrN2O. The van der Waals surface area contributed by atoms with Crippen molar-refractivity contribution in [3.8, 4) is 0 Å². The van der Waals surface area contributed by atoms with Crippen LogP contribution in [-0.2, 0) is 0 Å². The normalized spacial score (nSPS) is 10.1. The summed E-state index contributed by atoms with van der Waals surface area (Å²) in [6, 6.07) is 5.62. The molecule has 2 rings (SSSR count). The Morgan fingerprint density at radius 3 is 2.56 bits per heavy atom. The van der Waals surface area contributed by atoms with Gasteiger partial charge in [0.2, 0.25) is 0 Å². The van der Waals surface area contributed by atoms with Gasteiger partial charge in [0.25, 0.3) is 0 Å². The van der Waals surface area contributed by atoms with Crippen LogP contribution in [0.4, 0.5) is 0 Å². The van der Waals surface area contributed by atoms with E-state index in [4.69, 9.17) is 0 Å². The first kappa shape index (κ1) is 11.0. The molecular weight excluding hydrogens is 268 g/mol. The number of benzene rings is 1. The molecule has 0 aliphatic rings. The van der Waals surface area contributed by atoms with E-state index in [9.17, 15) is 4.79 Å². The summed E-state index contributed by atoms with van der Waals surface area (Å²) in [5.41, 5.74) is 2.22. The summed E-state index contributed by atoms with van der Waals surface area (Å²) in [5, 5.41) is 0.